The van der Waals surface area contributed by atoms with Crippen LogP contribution in [0.5, 0.6) is 0 Å². The van der Waals surface area contributed by atoms with Crippen LogP contribution in [0.25, 0.3) is 0 Å². The van der Waals surface area contributed by atoms with E-state index in [0.717, 1.165) is 0 Å². The van der Waals surface area contributed by atoms with Crippen molar-refractivity contribution in [2.24, 2.45) is 0 Å². The van der Waals surface area contributed by atoms with Crippen LogP contribution in [0.1, 0.15) is 38.5 Å². The summed E-state index contributed by atoms with van der Waals surface area (Å²) >= 11 is 1.86. The highest BCUT2D eigenvalue weighted by atomic mass is 32.1. The minimum Gasteiger partial charge on any atom is -0.311 e. The zero-order chi connectivity index (χ0) is 10.4. The second kappa shape index (κ2) is 6.20. The molecule has 0 fully saturated rings. The lowest BCUT2D eigenvalue weighted by molar-refractivity contribution is 0.425. The van der Waals surface area contributed by atoms with Gasteiger partial charge in [-0.25, -0.2) is 0 Å². The summed E-state index contributed by atoms with van der Waals surface area (Å²) in [6.07, 6.45) is 3.60. The Morgan fingerprint density at radius 3 is 2.64 bits per heavy atom. The molecule has 1 heterocycles. The fourth-order valence-corrected chi connectivity index (χ4v) is 2.30. The maximum absolute atomic E-state index is 3.66. The van der Waals surface area contributed by atoms with Crippen LogP contribution in [-0.4, -0.2) is 12.1 Å². The standard InChI is InChI=1S/C12H21NS/c1-4-10(3)13-11(5-2)9-12-7-6-8-14-12/h6-8,10-11,13H,4-5,9H2,1-3H3. The molecule has 2 atom stereocenters. The van der Waals surface area contributed by atoms with Gasteiger partial charge in [-0.05, 0) is 37.6 Å². The summed E-state index contributed by atoms with van der Waals surface area (Å²) in [7, 11) is 0. The predicted molar refractivity (Wildman–Crippen MR) is 65.0 cm³/mol. The summed E-state index contributed by atoms with van der Waals surface area (Å²) in [4.78, 5) is 1.49. The first-order valence-corrected chi connectivity index (χ1v) is 6.42. The van der Waals surface area contributed by atoms with Gasteiger partial charge in [-0.15, -0.1) is 11.3 Å². The van der Waals surface area contributed by atoms with E-state index in [1.54, 1.807) is 0 Å². The fourth-order valence-electron chi connectivity index (χ4n) is 1.51. The van der Waals surface area contributed by atoms with Crippen LogP contribution in [-0.2, 0) is 6.42 Å². The summed E-state index contributed by atoms with van der Waals surface area (Å²) in [5, 5.41) is 5.82. The molecular weight excluding hydrogens is 190 g/mol. The third-order valence-electron chi connectivity index (χ3n) is 2.65. The van der Waals surface area contributed by atoms with Gasteiger partial charge < -0.3 is 5.32 Å². The molecule has 1 aromatic heterocycles. The summed E-state index contributed by atoms with van der Waals surface area (Å²) in [5.74, 6) is 0. The van der Waals surface area contributed by atoms with Crippen molar-refractivity contribution >= 4 is 11.3 Å². The van der Waals surface area contributed by atoms with Gasteiger partial charge in [0, 0.05) is 17.0 Å². The van der Waals surface area contributed by atoms with Gasteiger partial charge in [0.1, 0.15) is 0 Å². The molecule has 0 aliphatic heterocycles. The molecule has 1 aromatic rings. The Kier molecular flexibility index (Phi) is 5.20. The van der Waals surface area contributed by atoms with Crippen molar-refractivity contribution in [1.29, 1.82) is 0 Å². The molecule has 1 nitrogen and oxygen atoms in total. The molecule has 0 aliphatic carbocycles. The van der Waals surface area contributed by atoms with E-state index in [2.05, 4.69) is 43.6 Å². The summed E-state index contributed by atoms with van der Waals surface area (Å²) < 4.78 is 0. The van der Waals surface area contributed by atoms with E-state index >= 15 is 0 Å². The normalized spacial score (nSPS) is 15.4. The van der Waals surface area contributed by atoms with Crippen LogP contribution in [0.3, 0.4) is 0 Å². The van der Waals surface area contributed by atoms with Gasteiger partial charge in [-0.1, -0.05) is 19.9 Å². The topological polar surface area (TPSA) is 12.0 Å². The number of hydrogen-bond acceptors (Lipinski definition) is 2. The van der Waals surface area contributed by atoms with Gasteiger partial charge in [0.2, 0.25) is 0 Å². The van der Waals surface area contributed by atoms with Gasteiger partial charge in [0.15, 0.2) is 0 Å². The summed E-state index contributed by atoms with van der Waals surface area (Å²) in [6, 6.07) is 5.64. The monoisotopic (exact) mass is 211 g/mol. The summed E-state index contributed by atoms with van der Waals surface area (Å²) in [5.41, 5.74) is 0. The molecule has 0 bridgehead atoms. The molecule has 0 amide bonds. The Balaban J connectivity index is 2.39. The highest BCUT2D eigenvalue weighted by molar-refractivity contribution is 7.09. The number of hydrogen-bond donors (Lipinski definition) is 1. The lowest BCUT2D eigenvalue weighted by atomic mass is 10.1. The maximum atomic E-state index is 3.66. The van der Waals surface area contributed by atoms with Crippen LogP contribution in [0, 0.1) is 0 Å². The Bertz CT molecular complexity index is 230. The lowest BCUT2D eigenvalue weighted by Gasteiger charge is -2.20. The molecule has 1 N–H and O–H groups in total. The van der Waals surface area contributed by atoms with Crippen LogP contribution in [0.4, 0.5) is 0 Å². The fraction of sp³-hybridized carbons (Fsp3) is 0.667. The first-order valence-electron chi connectivity index (χ1n) is 5.54. The third kappa shape index (κ3) is 3.81. The molecule has 0 saturated heterocycles. The van der Waals surface area contributed by atoms with E-state index in [4.69, 9.17) is 0 Å². The maximum Gasteiger partial charge on any atom is 0.0115 e. The molecule has 0 aliphatic rings. The highest BCUT2D eigenvalue weighted by Gasteiger charge is 2.09. The van der Waals surface area contributed by atoms with Crippen LogP contribution in [0.15, 0.2) is 17.5 Å². The van der Waals surface area contributed by atoms with Crippen molar-refractivity contribution in [3.63, 3.8) is 0 Å². The second-order valence-corrected chi connectivity index (χ2v) is 4.90. The van der Waals surface area contributed by atoms with Crippen LogP contribution >= 0.6 is 11.3 Å². The Morgan fingerprint density at radius 2 is 2.14 bits per heavy atom. The first kappa shape index (κ1) is 11.7. The SMILES string of the molecule is CCC(C)NC(CC)Cc1cccs1. The molecule has 0 saturated carbocycles. The zero-order valence-corrected chi connectivity index (χ0v) is 10.2. The molecule has 0 radical (unpaired) electrons. The molecule has 14 heavy (non-hydrogen) atoms. The molecule has 80 valence electrons. The summed E-state index contributed by atoms with van der Waals surface area (Å²) in [6.45, 7) is 6.75. The molecule has 0 spiro atoms. The average molecular weight is 211 g/mol. The number of rotatable bonds is 6. The van der Waals surface area contributed by atoms with E-state index in [1.807, 2.05) is 11.3 Å². The average Bonchev–Trinajstić information content (AvgIpc) is 2.69. The van der Waals surface area contributed by atoms with Crippen molar-refractivity contribution in [2.75, 3.05) is 0 Å². The van der Waals surface area contributed by atoms with E-state index in [1.165, 1.54) is 24.1 Å². The van der Waals surface area contributed by atoms with Crippen molar-refractivity contribution in [2.45, 2.75) is 52.1 Å². The van der Waals surface area contributed by atoms with Gasteiger partial charge >= 0.3 is 0 Å². The predicted octanol–water partition coefficient (Wildman–Crippen LogP) is 3.46. The molecular formula is C12H21NS. The molecule has 1 rings (SSSR count). The van der Waals surface area contributed by atoms with Crippen molar-refractivity contribution < 1.29 is 0 Å². The Morgan fingerprint density at radius 1 is 1.36 bits per heavy atom. The largest absolute Gasteiger partial charge is 0.311 e. The van der Waals surface area contributed by atoms with Crippen molar-refractivity contribution in [3.8, 4) is 0 Å². The van der Waals surface area contributed by atoms with E-state index in [-0.39, 0.29) is 0 Å². The minimum atomic E-state index is 0.639. The van der Waals surface area contributed by atoms with Gasteiger partial charge in [-0.3, -0.25) is 0 Å². The zero-order valence-electron chi connectivity index (χ0n) is 9.42. The minimum absolute atomic E-state index is 0.639. The van der Waals surface area contributed by atoms with Crippen molar-refractivity contribution in [3.05, 3.63) is 22.4 Å². The van der Waals surface area contributed by atoms with Crippen molar-refractivity contribution in [1.82, 2.24) is 5.32 Å². The smallest absolute Gasteiger partial charge is 0.0115 e. The van der Waals surface area contributed by atoms with Crippen LogP contribution < -0.4 is 5.32 Å². The van der Waals surface area contributed by atoms with Gasteiger partial charge in [0.05, 0.1) is 0 Å². The van der Waals surface area contributed by atoms with Gasteiger partial charge in [-0.2, -0.15) is 0 Å². The Hall–Kier alpha value is -0.340. The Labute approximate surface area is 91.5 Å². The first-order chi connectivity index (χ1) is 6.76. The quantitative estimate of drug-likeness (QED) is 0.760. The third-order valence-corrected chi connectivity index (χ3v) is 3.55. The number of thiophene rings is 1. The second-order valence-electron chi connectivity index (χ2n) is 3.86. The molecule has 2 heteroatoms. The molecule has 0 aromatic carbocycles. The lowest BCUT2D eigenvalue weighted by Crippen LogP contribution is -2.37. The van der Waals surface area contributed by atoms with E-state index in [9.17, 15) is 0 Å². The number of nitrogens with one attached hydrogen (secondary N) is 1. The molecule has 2 unspecified atom stereocenters. The van der Waals surface area contributed by atoms with E-state index in [0.29, 0.717) is 12.1 Å². The van der Waals surface area contributed by atoms with E-state index < -0.39 is 0 Å². The van der Waals surface area contributed by atoms with Gasteiger partial charge in [0.25, 0.3) is 0 Å². The highest BCUT2D eigenvalue weighted by Crippen LogP contribution is 2.13. The van der Waals surface area contributed by atoms with Crippen LogP contribution in [0.2, 0.25) is 0 Å².